The average molecular weight is 393 g/mol. The van der Waals surface area contributed by atoms with Crippen LogP contribution in [0.2, 0.25) is 0 Å². The van der Waals surface area contributed by atoms with Crippen molar-refractivity contribution in [2.45, 2.75) is 26.3 Å². The lowest BCUT2D eigenvalue weighted by Gasteiger charge is -2.21. The quantitative estimate of drug-likeness (QED) is 0.806. The highest BCUT2D eigenvalue weighted by molar-refractivity contribution is 9.11. The van der Waals surface area contributed by atoms with Gasteiger partial charge in [0.05, 0.1) is 12.0 Å². The zero-order chi connectivity index (χ0) is 14.6. The average Bonchev–Trinajstić information content (AvgIpc) is 2.26. The smallest absolute Gasteiger partial charge is 0.305 e. The highest BCUT2D eigenvalue weighted by Gasteiger charge is 2.21. The van der Waals surface area contributed by atoms with Gasteiger partial charge in [0.25, 0.3) is 5.91 Å². The maximum Gasteiger partial charge on any atom is 0.305 e. The van der Waals surface area contributed by atoms with Gasteiger partial charge in [0.2, 0.25) is 0 Å². The third kappa shape index (κ3) is 4.95. The summed E-state index contributed by atoms with van der Waals surface area (Å²) in [6.45, 7) is 3.76. The second-order valence-electron chi connectivity index (χ2n) is 4.55. The first-order chi connectivity index (χ1) is 8.81. The molecule has 19 heavy (non-hydrogen) atoms. The molecule has 1 rings (SSSR count). The van der Waals surface area contributed by atoms with Gasteiger partial charge in [-0.05, 0) is 40.0 Å². The fourth-order valence-electron chi connectivity index (χ4n) is 1.56. The Morgan fingerprint density at radius 1 is 1.32 bits per heavy atom. The molecule has 1 aromatic rings. The van der Waals surface area contributed by atoms with E-state index in [0.717, 1.165) is 4.47 Å². The van der Waals surface area contributed by atoms with E-state index in [0.29, 0.717) is 10.0 Å². The van der Waals surface area contributed by atoms with Crippen LogP contribution < -0.4 is 5.32 Å². The van der Waals surface area contributed by atoms with Crippen LogP contribution >= 0.6 is 31.9 Å². The van der Waals surface area contributed by atoms with Crippen LogP contribution in [0.3, 0.4) is 0 Å². The number of halogens is 2. The van der Waals surface area contributed by atoms with E-state index in [1.807, 2.05) is 13.8 Å². The molecule has 104 valence electrons. The monoisotopic (exact) mass is 391 g/mol. The van der Waals surface area contributed by atoms with Gasteiger partial charge < -0.3 is 10.4 Å². The summed E-state index contributed by atoms with van der Waals surface area (Å²) in [5.41, 5.74) is 0.485. The Hall–Kier alpha value is -0.880. The summed E-state index contributed by atoms with van der Waals surface area (Å²) in [6.07, 6.45) is -0.0858. The number of carboxylic acids is 1. The van der Waals surface area contributed by atoms with Crippen molar-refractivity contribution in [3.63, 3.8) is 0 Å². The molecule has 0 aliphatic rings. The Bertz CT molecular complexity index is 489. The standard InChI is InChI=1S/C13H15Br2NO3/c1-7(2)11(6-12(17)18)16-13(19)9-4-3-8(14)5-10(9)15/h3-5,7,11H,6H2,1-2H3,(H,16,19)(H,17,18). The Morgan fingerprint density at radius 2 is 1.95 bits per heavy atom. The minimum absolute atomic E-state index is 0.0503. The summed E-state index contributed by atoms with van der Waals surface area (Å²) < 4.78 is 1.53. The van der Waals surface area contributed by atoms with Crippen molar-refractivity contribution in [2.24, 2.45) is 5.92 Å². The number of rotatable bonds is 5. The van der Waals surface area contributed by atoms with Crippen molar-refractivity contribution >= 4 is 43.7 Å². The maximum absolute atomic E-state index is 12.1. The lowest BCUT2D eigenvalue weighted by molar-refractivity contribution is -0.137. The van der Waals surface area contributed by atoms with E-state index in [9.17, 15) is 9.59 Å². The second kappa shape index (κ2) is 7.05. The van der Waals surface area contributed by atoms with Gasteiger partial charge in [-0.2, -0.15) is 0 Å². The number of hydrogen-bond donors (Lipinski definition) is 2. The van der Waals surface area contributed by atoms with E-state index < -0.39 is 5.97 Å². The van der Waals surface area contributed by atoms with Crippen LogP contribution in [-0.2, 0) is 4.79 Å². The molecule has 0 saturated heterocycles. The topological polar surface area (TPSA) is 66.4 Å². The van der Waals surface area contributed by atoms with Gasteiger partial charge in [-0.15, -0.1) is 0 Å². The van der Waals surface area contributed by atoms with Gasteiger partial charge >= 0.3 is 5.97 Å². The molecule has 1 unspecified atom stereocenters. The van der Waals surface area contributed by atoms with Gasteiger partial charge in [-0.3, -0.25) is 9.59 Å². The van der Waals surface area contributed by atoms with Crippen LogP contribution in [0.1, 0.15) is 30.6 Å². The molecule has 0 heterocycles. The SMILES string of the molecule is CC(C)C(CC(=O)O)NC(=O)c1ccc(Br)cc1Br. The van der Waals surface area contributed by atoms with E-state index in [-0.39, 0.29) is 24.3 Å². The second-order valence-corrected chi connectivity index (χ2v) is 6.32. The Balaban J connectivity index is 2.84. The van der Waals surface area contributed by atoms with E-state index in [2.05, 4.69) is 37.2 Å². The summed E-state index contributed by atoms with van der Waals surface area (Å²) >= 11 is 6.63. The number of carbonyl (C=O) groups is 2. The number of amides is 1. The van der Waals surface area contributed by atoms with E-state index in [4.69, 9.17) is 5.11 Å². The van der Waals surface area contributed by atoms with Gasteiger partial charge in [0, 0.05) is 15.0 Å². The van der Waals surface area contributed by atoms with Gasteiger partial charge in [-0.1, -0.05) is 29.8 Å². The Morgan fingerprint density at radius 3 is 2.42 bits per heavy atom. The third-order valence-electron chi connectivity index (χ3n) is 2.69. The fourth-order valence-corrected chi connectivity index (χ4v) is 2.79. The molecule has 0 bridgehead atoms. The Labute approximate surface area is 128 Å². The van der Waals surface area contributed by atoms with E-state index >= 15 is 0 Å². The van der Waals surface area contributed by atoms with Gasteiger partial charge in [0.15, 0.2) is 0 Å². The largest absolute Gasteiger partial charge is 0.481 e. The van der Waals surface area contributed by atoms with Crippen LogP contribution in [0.25, 0.3) is 0 Å². The molecule has 2 N–H and O–H groups in total. The zero-order valence-electron chi connectivity index (χ0n) is 10.6. The first kappa shape index (κ1) is 16.2. The van der Waals surface area contributed by atoms with E-state index in [1.165, 1.54) is 0 Å². The molecule has 0 spiro atoms. The van der Waals surface area contributed by atoms with Crippen LogP contribution in [0.15, 0.2) is 27.1 Å². The zero-order valence-corrected chi connectivity index (χ0v) is 13.8. The minimum atomic E-state index is -0.922. The molecule has 4 nitrogen and oxygen atoms in total. The first-order valence-electron chi connectivity index (χ1n) is 5.79. The molecular weight excluding hydrogens is 378 g/mol. The lowest BCUT2D eigenvalue weighted by atomic mass is 10.0. The molecular formula is C13H15Br2NO3. The number of aliphatic carboxylic acids is 1. The summed E-state index contributed by atoms with van der Waals surface area (Å²) in [4.78, 5) is 22.9. The maximum atomic E-state index is 12.1. The van der Waals surface area contributed by atoms with Crippen molar-refractivity contribution in [2.75, 3.05) is 0 Å². The summed E-state index contributed by atoms with van der Waals surface area (Å²) in [5.74, 6) is -1.15. The highest BCUT2D eigenvalue weighted by atomic mass is 79.9. The van der Waals surface area contributed by atoms with Crippen molar-refractivity contribution in [1.82, 2.24) is 5.32 Å². The predicted molar refractivity (Wildman–Crippen MR) is 80.2 cm³/mol. The molecule has 0 saturated carbocycles. The number of carboxylic acid groups (broad SMARTS) is 1. The molecule has 1 atom stereocenters. The fraction of sp³-hybridized carbons (Fsp3) is 0.385. The van der Waals surface area contributed by atoms with Gasteiger partial charge in [-0.25, -0.2) is 0 Å². The van der Waals surface area contributed by atoms with Crippen molar-refractivity contribution in [1.29, 1.82) is 0 Å². The molecule has 6 heteroatoms. The number of benzene rings is 1. The van der Waals surface area contributed by atoms with Crippen LogP contribution in [0.5, 0.6) is 0 Å². The van der Waals surface area contributed by atoms with Crippen LogP contribution in [0.4, 0.5) is 0 Å². The van der Waals surface area contributed by atoms with Crippen molar-refractivity contribution in [3.8, 4) is 0 Å². The summed E-state index contributed by atoms with van der Waals surface area (Å²) in [7, 11) is 0. The number of hydrogen-bond acceptors (Lipinski definition) is 2. The highest BCUT2D eigenvalue weighted by Crippen LogP contribution is 2.22. The normalized spacial score (nSPS) is 12.3. The first-order valence-corrected chi connectivity index (χ1v) is 7.37. The summed E-state index contributed by atoms with van der Waals surface area (Å²) in [5, 5.41) is 11.6. The summed E-state index contributed by atoms with van der Waals surface area (Å²) in [6, 6.07) is 4.83. The molecule has 1 aromatic carbocycles. The lowest BCUT2D eigenvalue weighted by Crippen LogP contribution is -2.40. The van der Waals surface area contributed by atoms with Crippen LogP contribution in [-0.4, -0.2) is 23.0 Å². The predicted octanol–water partition coefficient (Wildman–Crippen LogP) is 3.44. The molecule has 0 aliphatic carbocycles. The number of carbonyl (C=O) groups excluding carboxylic acids is 1. The van der Waals surface area contributed by atoms with Crippen LogP contribution in [0, 0.1) is 5.92 Å². The number of nitrogens with one attached hydrogen (secondary N) is 1. The third-order valence-corrected chi connectivity index (χ3v) is 3.84. The van der Waals surface area contributed by atoms with Crippen molar-refractivity contribution < 1.29 is 14.7 Å². The molecule has 0 aliphatic heterocycles. The van der Waals surface area contributed by atoms with E-state index in [1.54, 1.807) is 18.2 Å². The Kier molecular flexibility index (Phi) is 6.00. The van der Waals surface area contributed by atoms with Gasteiger partial charge in [0.1, 0.15) is 0 Å². The molecule has 0 radical (unpaired) electrons. The van der Waals surface area contributed by atoms with Crippen molar-refractivity contribution in [3.05, 3.63) is 32.7 Å². The molecule has 1 amide bonds. The molecule has 0 fully saturated rings. The minimum Gasteiger partial charge on any atom is -0.481 e. The molecule has 0 aromatic heterocycles.